The lowest BCUT2D eigenvalue weighted by Crippen LogP contribution is -2.43. The zero-order valence-electron chi connectivity index (χ0n) is 15.1. The zero-order chi connectivity index (χ0) is 18.3. The first-order valence-corrected chi connectivity index (χ1v) is 9.56. The molecule has 1 unspecified atom stereocenters. The van der Waals surface area contributed by atoms with E-state index in [1.807, 2.05) is 19.1 Å². The molecule has 3 aliphatic rings. The average molecular weight is 355 g/mol. The van der Waals surface area contributed by atoms with Crippen LogP contribution < -0.4 is 10.6 Å². The van der Waals surface area contributed by atoms with Crippen molar-refractivity contribution in [1.29, 1.82) is 0 Å². The first-order chi connectivity index (χ1) is 12.5. The minimum atomic E-state index is -0.382. The van der Waals surface area contributed by atoms with Crippen molar-refractivity contribution < 1.29 is 14.4 Å². The van der Waals surface area contributed by atoms with Crippen molar-refractivity contribution in [2.75, 3.05) is 17.2 Å². The van der Waals surface area contributed by atoms with E-state index in [2.05, 4.69) is 10.6 Å². The Morgan fingerprint density at radius 1 is 0.962 bits per heavy atom. The normalized spacial score (nSPS) is 22.2. The number of carbonyl (C=O) groups excluding carboxylic acids is 3. The van der Waals surface area contributed by atoms with Gasteiger partial charge in [-0.1, -0.05) is 6.07 Å². The fraction of sp³-hybridized carbons (Fsp3) is 0.550. The summed E-state index contributed by atoms with van der Waals surface area (Å²) in [4.78, 5) is 38.9. The number of nitrogens with one attached hydrogen (secondary N) is 2. The molecule has 1 heterocycles. The molecule has 1 aromatic rings. The summed E-state index contributed by atoms with van der Waals surface area (Å²) in [5, 5.41) is 5.88. The molecule has 4 rings (SSSR count). The van der Waals surface area contributed by atoms with Crippen molar-refractivity contribution in [2.24, 2.45) is 11.8 Å². The second-order valence-electron chi connectivity index (χ2n) is 7.75. The van der Waals surface area contributed by atoms with E-state index < -0.39 is 0 Å². The zero-order valence-corrected chi connectivity index (χ0v) is 15.1. The van der Waals surface area contributed by atoms with Gasteiger partial charge in [-0.05, 0) is 63.1 Å². The Balaban J connectivity index is 1.44. The van der Waals surface area contributed by atoms with Crippen LogP contribution in [-0.2, 0) is 14.4 Å². The summed E-state index contributed by atoms with van der Waals surface area (Å²) in [5.41, 5.74) is 2.32. The molecule has 2 saturated carbocycles. The second kappa shape index (κ2) is 6.74. The van der Waals surface area contributed by atoms with Gasteiger partial charge in [0.15, 0.2) is 0 Å². The van der Waals surface area contributed by atoms with Gasteiger partial charge in [-0.15, -0.1) is 0 Å². The maximum absolute atomic E-state index is 12.8. The highest BCUT2D eigenvalue weighted by Crippen LogP contribution is 2.34. The quantitative estimate of drug-likeness (QED) is 0.852. The Labute approximate surface area is 153 Å². The smallest absolute Gasteiger partial charge is 0.247 e. The lowest BCUT2D eigenvalue weighted by molar-refractivity contribution is -0.137. The van der Waals surface area contributed by atoms with Crippen LogP contribution in [0.15, 0.2) is 18.2 Å². The number of carbonyl (C=O) groups is 3. The molecule has 3 amide bonds. The van der Waals surface area contributed by atoms with Crippen LogP contribution in [0.3, 0.4) is 0 Å². The van der Waals surface area contributed by atoms with Gasteiger partial charge in [-0.3, -0.25) is 14.4 Å². The molecule has 0 bridgehead atoms. The summed E-state index contributed by atoms with van der Waals surface area (Å²) >= 11 is 0. The van der Waals surface area contributed by atoms with Gasteiger partial charge in [0.05, 0.1) is 0 Å². The maximum Gasteiger partial charge on any atom is 0.247 e. The predicted molar refractivity (Wildman–Crippen MR) is 98.6 cm³/mol. The molecule has 2 aliphatic carbocycles. The SMILES string of the molecule is Cc1ccc(NC(=O)C2CC2)cc1NC(=O)C1CCCN1C(=O)C1CC1. The highest BCUT2D eigenvalue weighted by molar-refractivity contribution is 6.00. The molecule has 1 saturated heterocycles. The molecule has 0 spiro atoms. The number of anilines is 2. The molecule has 6 heteroatoms. The molecule has 0 aromatic heterocycles. The van der Waals surface area contributed by atoms with E-state index in [-0.39, 0.29) is 35.6 Å². The number of rotatable bonds is 5. The Kier molecular flexibility index (Phi) is 4.42. The van der Waals surface area contributed by atoms with Gasteiger partial charge in [0.2, 0.25) is 17.7 Å². The predicted octanol–water partition coefficient (Wildman–Crippen LogP) is 2.68. The van der Waals surface area contributed by atoms with Crippen molar-refractivity contribution in [2.45, 2.75) is 51.5 Å². The second-order valence-corrected chi connectivity index (χ2v) is 7.75. The molecular formula is C20H25N3O3. The molecular weight excluding hydrogens is 330 g/mol. The summed E-state index contributed by atoms with van der Waals surface area (Å²) in [6.07, 6.45) is 5.38. The first-order valence-electron chi connectivity index (χ1n) is 9.56. The number of hydrogen-bond donors (Lipinski definition) is 2. The molecule has 1 aromatic carbocycles. The average Bonchev–Trinajstić information content (AvgIpc) is 3.53. The summed E-state index contributed by atoms with van der Waals surface area (Å²) < 4.78 is 0. The number of amides is 3. The number of benzene rings is 1. The lowest BCUT2D eigenvalue weighted by atomic mass is 10.1. The van der Waals surface area contributed by atoms with E-state index >= 15 is 0 Å². The largest absolute Gasteiger partial charge is 0.330 e. The highest BCUT2D eigenvalue weighted by Gasteiger charge is 2.40. The molecule has 138 valence electrons. The van der Waals surface area contributed by atoms with Crippen molar-refractivity contribution in [3.05, 3.63) is 23.8 Å². The number of likely N-dealkylation sites (tertiary alicyclic amines) is 1. The van der Waals surface area contributed by atoms with Crippen LogP contribution in [0.1, 0.15) is 44.1 Å². The topological polar surface area (TPSA) is 78.5 Å². The highest BCUT2D eigenvalue weighted by atomic mass is 16.2. The third kappa shape index (κ3) is 3.59. The molecule has 0 radical (unpaired) electrons. The van der Waals surface area contributed by atoms with Gasteiger partial charge < -0.3 is 15.5 Å². The molecule has 1 aliphatic heterocycles. The Bertz CT molecular complexity index is 753. The maximum atomic E-state index is 12.8. The fourth-order valence-corrected chi connectivity index (χ4v) is 3.51. The minimum Gasteiger partial charge on any atom is -0.330 e. The van der Waals surface area contributed by atoms with E-state index in [4.69, 9.17) is 0 Å². The summed E-state index contributed by atoms with van der Waals surface area (Å²) in [7, 11) is 0. The number of aryl methyl sites for hydroxylation is 1. The van der Waals surface area contributed by atoms with Crippen LogP contribution in [0.5, 0.6) is 0 Å². The lowest BCUT2D eigenvalue weighted by Gasteiger charge is -2.24. The number of hydrogen-bond acceptors (Lipinski definition) is 3. The van der Waals surface area contributed by atoms with Crippen LogP contribution >= 0.6 is 0 Å². The van der Waals surface area contributed by atoms with E-state index in [1.54, 1.807) is 11.0 Å². The molecule has 26 heavy (non-hydrogen) atoms. The van der Waals surface area contributed by atoms with E-state index in [0.717, 1.165) is 37.7 Å². The summed E-state index contributed by atoms with van der Waals surface area (Å²) in [5.74, 6) is 0.305. The molecule has 1 atom stereocenters. The van der Waals surface area contributed by atoms with E-state index in [9.17, 15) is 14.4 Å². The van der Waals surface area contributed by atoms with E-state index in [1.165, 1.54) is 0 Å². The van der Waals surface area contributed by atoms with Crippen molar-refractivity contribution in [3.8, 4) is 0 Å². The Morgan fingerprint density at radius 2 is 1.69 bits per heavy atom. The van der Waals surface area contributed by atoms with Crippen LogP contribution in [0, 0.1) is 18.8 Å². The van der Waals surface area contributed by atoms with Crippen molar-refractivity contribution in [1.82, 2.24) is 4.90 Å². The Hall–Kier alpha value is -2.37. The first kappa shape index (κ1) is 17.1. The van der Waals surface area contributed by atoms with Gasteiger partial charge in [0, 0.05) is 29.8 Å². The fourth-order valence-electron chi connectivity index (χ4n) is 3.51. The van der Waals surface area contributed by atoms with E-state index in [0.29, 0.717) is 24.3 Å². The minimum absolute atomic E-state index is 0.0446. The van der Waals surface area contributed by atoms with Gasteiger partial charge >= 0.3 is 0 Å². The summed E-state index contributed by atoms with van der Waals surface area (Å²) in [6, 6.07) is 5.16. The third-order valence-corrected chi connectivity index (χ3v) is 5.48. The van der Waals surface area contributed by atoms with Crippen LogP contribution in [0.2, 0.25) is 0 Å². The molecule has 6 nitrogen and oxygen atoms in total. The number of nitrogens with zero attached hydrogens (tertiary/aromatic N) is 1. The monoisotopic (exact) mass is 355 g/mol. The van der Waals surface area contributed by atoms with Crippen LogP contribution in [-0.4, -0.2) is 35.2 Å². The van der Waals surface area contributed by atoms with Gasteiger partial charge in [0.1, 0.15) is 6.04 Å². The van der Waals surface area contributed by atoms with Crippen molar-refractivity contribution >= 4 is 29.1 Å². The standard InChI is InChI=1S/C20H25N3O3/c1-12-4-9-15(21-18(24)13-5-6-13)11-16(12)22-19(25)17-3-2-10-23(17)20(26)14-7-8-14/h4,9,11,13-14,17H,2-3,5-8,10H2,1H3,(H,21,24)(H,22,25). The molecule has 2 N–H and O–H groups in total. The van der Waals surface area contributed by atoms with Crippen LogP contribution in [0.4, 0.5) is 11.4 Å². The van der Waals surface area contributed by atoms with Crippen molar-refractivity contribution in [3.63, 3.8) is 0 Å². The summed E-state index contributed by atoms with van der Waals surface area (Å²) in [6.45, 7) is 2.59. The van der Waals surface area contributed by atoms with Crippen LogP contribution in [0.25, 0.3) is 0 Å². The van der Waals surface area contributed by atoms with Gasteiger partial charge in [-0.2, -0.15) is 0 Å². The Morgan fingerprint density at radius 3 is 2.38 bits per heavy atom. The third-order valence-electron chi connectivity index (χ3n) is 5.48. The van der Waals surface area contributed by atoms with Gasteiger partial charge in [0.25, 0.3) is 0 Å². The molecule has 3 fully saturated rings. The van der Waals surface area contributed by atoms with Gasteiger partial charge in [-0.25, -0.2) is 0 Å².